The van der Waals surface area contributed by atoms with Crippen molar-refractivity contribution in [2.45, 2.75) is 46.0 Å². The molecule has 16 heavy (non-hydrogen) atoms. The summed E-state index contributed by atoms with van der Waals surface area (Å²) in [6.07, 6.45) is 17.2. The van der Waals surface area contributed by atoms with Crippen LogP contribution in [0.3, 0.4) is 0 Å². The van der Waals surface area contributed by atoms with E-state index in [2.05, 4.69) is 38.2 Å². The molecule has 3 aliphatic rings. The molecule has 0 N–H and O–H groups in total. The van der Waals surface area contributed by atoms with Crippen molar-refractivity contribution < 1.29 is 0 Å². The minimum atomic E-state index is 0.470. The van der Waals surface area contributed by atoms with Gasteiger partial charge in [-0.15, -0.1) is 0 Å². The number of hydrogen-bond acceptors (Lipinski definition) is 0. The fourth-order valence-corrected chi connectivity index (χ4v) is 4.60. The van der Waals surface area contributed by atoms with E-state index in [1.165, 1.54) is 32.1 Å². The van der Waals surface area contributed by atoms with Crippen LogP contribution in [0.2, 0.25) is 0 Å². The lowest BCUT2D eigenvalue weighted by atomic mass is 9.52. The summed E-state index contributed by atoms with van der Waals surface area (Å²) in [6, 6.07) is 0. The molecule has 1 fully saturated rings. The largest absolute Gasteiger partial charge is 0.0877 e. The summed E-state index contributed by atoms with van der Waals surface area (Å²) < 4.78 is 0. The highest BCUT2D eigenvalue weighted by molar-refractivity contribution is 5.21. The molecule has 0 aromatic rings. The monoisotopic (exact) mass is 216 g/mol. The van der Waals surface area contributed by atoms with Crippen LogP contribution in [0, 0.1) is 29.1 Å². The van der Waals surface area contributed by atoms with Crippen LogP contribution in [0.4, 0.5) is 0 Å². The topological polar surface area (TPSA) is 0 Å². The lowest BCUT2D eigenvalue weighted by Gasteiger charge is -2.52. The van der Waals surface area contributed by atoms with Crippen molar-refractivity contribution in [1.82, 2.24) is 0 Å². The number of rotatable bonds is 0. The van der Waals surface area contributed by atoms with Crippen LogP contribution < -0.4 is 0 Å². The molecule has 0 aliphatic heterocycles. The van der Waals surface area contributed by atoms with Gasteiger partial charge < -0.3 is 0 Å². The van der Waals surface area contributed by atoms with E-state index in [0.29, 0.717) is 5.41 Å². The molecule has 0 saturated heterocycles. The van der Waals surface area contributed by atoms with Crippen molar-refractivity contribution >= 4 is 0 Å². The predicted octanol–water partition coefficient (Wildman–Crippen LogP) is 4.58. The van der Waals surface area contributed by atoms with E-state index < -0.39 is 0 Å². The summed E-state index contributed by atoms with van der Waals surface area (Å²) in [5.74, 6) is 3.45. The van der Waals surface area contributed by atoms with Gasteiger partial charge in [0.2, 0.25) is 0 Å². The Balaban J connectivity index is 1.99. The van der Waals surface area contributed by atoms with Crippen molar-refractivity contribution in [3.05, 3.63) is 24.3 Å². The molecule has 0 heterocycles. The van der Waals surface area contributed by atoms with E-state index in [1.54, 1.807) is 0 Å². The Morgan fingerprint density at radius 1 is 1.12 bits per heavy atom. The van der Waals surface area contributed by atoms with Crippen LogP contribution in [-0.4, -0.2) is 0 Å². The smallest absolute Gasteiger partial charge is 0.00473 e. The first-order chi connectivity index (χ1) is 7.72. The lowest BCUT2D eigenvalue weighted by molar-refractivity contribution is 0.0578. The molecule has 0 radical (unpaired) electrons. The summed E-state index contributed by atoms with van der Waals surface area (Å²) in [5.41, 5.74) is 0.470. The van der Waals surface area contributed by atoms with Gasteiger partial charge in [0.25, 0.3) is 0 Å². The molecule has 1 saturated carbocycles. The molecular formula is C16H24. The van der Waals surface area contributed by atoms with Gasteiger partial charge in [0.1, 0.15) is 0 Å². The summed E-state index contributed by atoms with van der Waals surface area (Å²) in [7, 11) is 0. The zero-order chi connectivity index (χ0) is 11.2. The average molecular weight is 216 g/mol. The fraction of sp³-hybridized carbons (Fsp3) is 0.750. The summed E-state index contributed by atoms with van der Waals surface area (Å²) in [5, 5.41) is 0. The molecule has 3 aliphatic carbocycles. The third kappa shape index (κ3) is 1.42. The van der Waals surface area contributed by atoms with Gasteiger partial charge in [-0.1, -0.05) is 51.0 Å². The standard InChI is InChI=1S/C16H24/c1-12-6-5-11-16(2)14(12)10-9-13-7-3-4-8-15(13)16/h5,9-15H,3-4,6-8H2,1-2H3/t12-,13+,14-,15-,16-/m0/s1. The summed E-state index contributed by atoms with van der Waals surface area (Å²) >= 11 is 0. The van der Waals surface area contributed by atoms with Gasteiger partial charge in [-0.3, -0.25) is 0 Å². The maximum Gasteiger partial charge on any atom is -0.00473 e. The minimum absolute atomic E-state index is 0.470. The van der Waals surface area contributed by atoms with Crippen molar-refractivity contribution in [1.29, 1.82) is 0 Å². The van der Waals surface area contributed by atoms with E-state index in [0.717, 1.165) is 23.7 Å². The molecule has 0 aromatic carbocycles. The zero-order valence-electron chi connectivity index (χ0n) is 10.7. The Kier molecular flexibility index (Phi) is 2.49. The first kappa shape index (κ1) is 10.6. The van der Waals surface area contributed by atoms with Crippen molar-refractivity contribution in [3.8, 4) is 0 Å². The second kappa shape index (κ2) is 3.75. The highest BCUT2D eigenvalue weighted by Crippen LogP contribution is 2.55. The molecule has 88 valence electrons. The predicted molar refractivity (Wildman–Crippen MR) is 69.1 cm³/mol. The van der Waals surface area contributed by atoms with Gasteiger partial charge in [-0.25, -0.2) is 0 Å². The molecule has 0 amide bonds. The molecule has 0 heteroatoms. The zero-order valence-corrected chi connectivity index (χ0v) is 10.7. The summed E-state index contributed by atoms with van der Waals surface area (Å²) in [4.78, 5) is 0. The molecule has 0 unspecified atom stereocenters. The van der Waals surface area contributed by atoms with Crippen LogP contribution >= 0.6 is 0 Å². The molecule has 0 aromatic heterocycles. The number of fused-ring (bicyclic) bond motifs is 3. The van der Waals surface area contributed by atoms with Gasteiger partial charge >= 0.3 is 0 Å². The van der Waals surface area contributed by atoms with Crippen LogP contribution in [0.1, 0.15) is 46.0 Å². The number of hydrogen-bond donors (Lipinski definition) is 0. The van der Waals surface area contributed by atoms with Gasteiger partial charge in [-0.05, 0) is 48.3 Å². The van der Waals surface area contributed by atoms with E-state index in [1.807, 2.05) is 0 Å². The molecule has 0 nitrogen and oxygen atoms in total. The van der Waals surface area contributed by atoms with E-state index >= 15 is 0 Å². The van der Waals surface area contributed by atoms with Gasteiger partial charge in [0, 0.05) is 0 Å². The van der Waals surface area contributed by atoms with E-state index in [9.17, 15) is 0 Å². The Morgan fingerprint density at radius 2 is 1.94 bits per heavy atom. The Bertz CT molecular complexity index is 325. The number of allylic oxidation sites excluding steroid dienone is 4. The molecule has 0 spiro atoms. The minimum Gasteiger partial charge on any atom is -0.0877 e. The maximum absolute atomic E-state index is 2.56. The Hall–Kier alpha value is -0.520. The van der Waals surface area contributed by atoms with Crippen LogP contribution in [0.5, 0.6) is 0 Å². The quantitative estimate of drug-likeness (QED) is 0.520. The van der Waals surface area contributed by atoms with Gasteiger partial charge in [0.15, 0.2) is 0 Å². The highest BCUT2D eigenvalue weighted by Gasteiger charge is 2.47. The molecule has 3 rings (SSSR count). The summed E-state index contributed by atoms with van der Waals surface area (Å²) in [6.45, 7) is 4.95. The van der Waals surface area contributed by atoms with Gasteiger partial charge in [0.05, 0.1) is 0 Å². The fourth-order valence-electron chi connectivity index (χ4n) is 4.60. The Morgan fingerprint density at radius 3 is 2.81 bits per heavy atom. The molecule has 5 atom stereocenters. The van der Waals surface area contributed by atoms with Gasteiger partial charge in [-0.2, -0.15) is 0 Å². The lowest BCUT2D eigenvalue weighted by Crippen LogP contribution is -2.44. The highest BCUT2D eigenvalue weighted by atomic mass is 14.5. The second-order valence-electron chi connectivity index (χ2n) is 6.45. The van der Waals surface area contributed by atoms with Crippen LogP contribution in [0.25, 0.3) is 0 Å². The second-order valence-corrected chi connectivity index (χ2v) is 6.45. The van der Waals surface area contributed by atoms with E-state index in [4.69, 9.17) is 0 Å². The first-order valence-electron chi connectivity index (χ1n) is 7.08. The Labute approximate surface area is 99.8 Å². The molecular weight excluding hydrogens is 192 g/mol. The third-order valence-corrected chi connectivity index (χ3v) is 5.50. The first-order valence-corrected chi connectivity index (χ1v) is 7.08. The third-order valence-electron chi connectivity index (χ3n) is 5.50. The maximum atomic E-state index is 2.56. The van der Waals surface area contributed by atoms with Crippen LogP contribution in [-0.2, 0) is 0 Å². The normalized spacial score (nSPS) is 50.9. The van der Waals surface area contributed by atoms with Crippen LogP contribution in [0.15, 0.2) is 24.3 Å². The van der Waals surface area contributed by atoms with Crippen molar-refractivity contribution in [2.24, 2.45) is 29.1 Å². The van der Waals surface area contributed by atoms with Crippen molar-refractivity contribution in [3.63, 3.8) is 0 Å². The van der Waals surface area contributed by atoms with Crippen molar-refractivity contribution in [2.75, 3.05) is 0 Å². The average Bonchev–Trinajstić information content (AvgIpc) is 2.29. The van der Waals surface area contributed by atoms with E-state index in [-0.39, 0.29) is 0 Å². The molecule has 0 bridgehead atoms. The SMILES string of the molecule is C[C@H]1CC=C[C@@]2(C)[C@H]1C=C[C@H]1CCCC[C@@H]12.